The molecule has 126 valence electrons. The van der Waals surface area contributed by atoms with Gasteiger partial charge in [0.25, 0.3) is 0 Å². The number of fused-ring (bicyclic) bond motifs is 1. The summed E-state index contributed by atoms with van der Waals surface area (Å²) in [6.07, 6.45) is 1.02. The van der Waals surface area contributed by atoms with Crippen LogP contribution in [0.15, 0.2) is 59.1 Å². The lowest BCUT2D eigenvalue weighted by Crippen LogP contribution is -2.36. The molecule has 0 saturated heterocycles. The summed E-state index contributed by atoms with van der Waals surface area (Å²) in [5, 5.41) is 3.92. The first-order valence-electron chi connectivity index (χ1n) is 8.26. The number of aromatic nitrogens is 1. The van der Waals surface area contributed by atoms with Gasteiger partial charge in [-0.2, -0.15) is 0 Å². The number of benzene rings is 2. The zero-order valence-electron chi connectivity index (χ0n) is 13.6. The molecule has 3 aromatic rings. The molecule has 0 radical (unpaired) electrons. The van der Waals surface area contributed by atoms with Gasteiger partial charge in [-0.25, -0.2) is 4.39 Å². The Morgan fingerprint density at radius 1 is 1.12 bits per heavy atom. The highest BCUT2D eigenvalue weighted by atomic mass is 19.1. The van der Waals surface area contributed by atoms with Crippen LogP contribution in [0.25, 0.3) is 11.3 Å². The maximum atomic E-state index is 13.8. The summed E-state index contributed by atoms with van der Waals surface area (Å²) in [7, 11) is 0. The van der Waals surface area contributed by atoms with E-state index in [1.54, 1.807) is 24.3 Å². The maximum Gasteiger partial charge on any atom is 0.229 e. The Kier molecular flexibility index (Phi) is 4.06. The summed E-state index contributed by atoms with van der Waals surface area (Å²) in [4.78, 5) is 14.4. The van der Waals surface area contributed by atoms with Gasteiger partial charge in [0.05, 0.1) is 17.7 Å². The lowest BCUT2D eigenvalue weighted by molar-refractivity contribution is -0.131. The van der Waals surface area contributed by atoms with Gasteiger partial charge in [0.1, 0.15) is 5.82 Å². The Bertz CT molecular complexity index is 919. The van der Waals surface area contributed by atoms with Crippen LogP contribution in [0, 0.1) is 5.82 Å². The summed E-state index contributed by atoms with van der Waals surface area (Å²) < 4.78 is 19.0. The van der Waals surface area contributed by atoms with Gasteiger partial charge in [0, 0.05) is 19.2 Å². The number of nitrogens with zero attached hydrogens (tertiary/aromatic N) is 2. The summed E-state index contributed by atoms with van der Waals surface area (Å²) in [6.45, 7) is 1.32. The van der Waals surface area contributed by atoms with Gasteiger partial charge >= 0.3 is 0 Å². The molecule has 0 N–H and O–H groups in total. The quantitative estimate of drug-likeness (QED) is 0.734. The summed E-state index contributed by atoms with van der Waals surface area (Å²) in [5.74, 6) is -0.0306. The third-order valence-corrected chi connectivity index (χ3v) is 4.51. The summed E-state index contributed by atoms with van der Waals surface area (Å²) in [5.41, 5.74) is 3.35. The largest absolute Gasteiger partial charge is 0.356 e. The number of halogens is 1. The predicted octanol–water partition coefficient (Wildman–Crippen LogP) is 3.61. The van der Waals surface area contributed by atoms with Gasteiger partial charge in [-0.05, 0) is 29.7 Å². The molecular formula is C20H17FN2O2. The highest BCUT2D eigenvalue weighted by molar-refractivity contribution is 5.79. The fourth-order valence-corrected chi connectivity index (χ4v) is 3.16. The van der Waals surface area contributed by atoms with Gasteiger partial charge < -0.3 is 9.42 Å². The van der Waals surface area contributed by atoms with E-state index in [0.717, 1.165) is 6.42 Å². The molecule has 1 amide bonds. The zero-order chi connectivity index (χ0) is 17.2. The van der Waals surface area contributed by atoms with Crippen molar-refractivity contribution < 1.29 is 13.7 Å². The number of carbonyl (C=O) groups is 1. The fraction of sp³-hybridized carbons (Fsp3) is 0.200. The fourth-order valence-electron chi connectivity index (χ4n) is 3.16. The number of rotatable bonds is 3. The third-order valence-electron chi connectivity index (χ3n) is 4.51. The first-order chi connectivity index (χ1) is 12.2. The van der Waals surface area contributed by atoms with Crippen LogP contribution in [0.3, 0.4) is 0 Å². The standard InChI is InChI=1S/C20H17FN2O2/c21-18-8-4-3-7-17(18)19-11-16(22-25-19)12-20(24)23-10-9-14-5-1-2-6-15(14)13-23/h1-8,11H,9-10,12-13H2. The van der Waals surface area contributed by atoms with E-state index >= 15 is 0 Å². The predicted molar refractivity (Wildman–Crippen MR) is 91.2 cm³/mol. The highest BCUT2D eigenvalue weighted by Gasteiger charge is 2.22. The Morgan fingerprint density at radius 3 is 2.72 bits per heavy atom. The first-order valence-corrected chi connectivity index (χ1v) is 8.26. The van der Waals surface area contributed by atoms with Crippen molar-refractivity contribution in [2.75, 3.05) is 6.54 Å². The van der Waals surface area contributed by atoms with Crippen molar-refractivity contribution in [3.63, 3.8) is 0 Å². The van der Waals surface area contributed by atoms with E-state index in [-0.39, 0.29) is 18.1 Å². The molecule has 4 nitrogen and oxygen atoms in total. The molecule has 25 heavy (non-hydrogen) atoms. The Morgan fingerprint density at radius 2 is 1.88 bits per heavy atom. The number of carbonyl (C=O) groups excluding carboxylic acids is 1. The van der Waals surface area contributed by atoms with Crippen molar-refractivity contribution in [1.82, 2.24) is 10.1 Å². The Labute approximate surface area is 144 Å². The maximum absolute atomic E-state index is 13.8. The second-order valence-electron chi connectivity index (χ2n) is 6.17. The molecule has 0 bridgehead atoms. The van der Waals surface area contributed by atoms with E-state index in [0.29, 0.717) is 30.1 Å². The number of hydrogen-bond donors (Lipinski definition) is 0. The van der Waals surface area contributed by atoms with Crippen LogP contribution < -0.4 is 0 Å². The van der Waals surface area contributed by atoms with E-state index in [4.69, 9.17) is 4.52 Å². The topological polar surface area (TPSA) is 46.3 Å². The van der Waals surface area contributed by atoms with Crippen molar-refractivity contribution >= 4 is 5.91 Å². The summed E-state index contributed by atoms with van der Waals surface area (Å²) in [6, 6.07) is 16.2. The minimum atomic E-state index is -0.371. The normalized spacial score (nSPS) is 13.6. The van der Waals surface area contributed by atoms with Crippen LogP contribution in [0.2, 0.25) is 0 Å². The molecule has 0 atom stereocenters. The molecule has 0 spiro atoms. The number of hydrogen-bond acceptors (Lipinski definition) is 3. The molecule has 2 aromatic carbocycles. The van der Waals surface area contributed by atoms with Gasteiger partial charge in [-0.15, -0.1) is 0 Å². The molecule has 4 rings (SSSR count). The van der Waals surface area contributed by atoms with Crippen molar-refractivity contribution in [2.24, 2.45) is 0 Å². The van der Waals surface area contributed by atoms with Crippen LogP contribution in [-0.4, -0.2) is 22.5 Å². The van der Waals surface area contributed by atoms with E-state index in [9.17, 15) is 9.18 Å². The SMILES string of the molecule is O=C(Cc1cc(-c2ccccc2F)on1)N1CCc2ccccc2C1. The first kappa shape index (κ1) is 15.6. The smallest absolute Gasteiger partial charge is 0.229 e. The molecule has 2 heterocycles. The molecule has 0 fully saturated rings. The van der Waals surface area contributed by atoms with Gasteiger partial charge in [0.2, 0.25) is 5.91 Å². The minimum absolute atomic E-state index is 0.00267. The molecule has 1 aliphatic rings. The minimum Gasteiger partial charge on any atom is -0.356 e. The Balaban J connectivity index is 1.47. The monoisotopic (exact) mass is 336 g/mol. The lowest BCUT2D eigenvalue weighted by Gasteiger charge is -2.28. The molecule has 0 unspecified atom stereocenters. The summed E-state index contributed by atoms with van der Waals surface area (Å²) >= 11 is 0. The van der Waals surface area contributed by atoms with Crippen LogP contribution in [-0.2, 0) is 24.2 Å². The molecule has 1 aliphatic heterocycles. The van der Waals surface area contributed by atoms with E-state index in [1.165, 1.54) is 17.2 Å². The average Bonchev–Trinajstić information content (AvgIpc) is 3.10. The highest BCUT2D eigenvalue weighted by Crippen LogP contribution is 2.24. The average molecular weight is 336 g/mol. The van der Waals surface area contributed by atoms with Crippen LogP contribution in [0.4, 0.5) is 4.39 Å². The van der Waals surface area contributed by atoms with Crippen molar-refractivity contribution in [1.29, 1.82) is 0 Å². The Hall–Kier alpha value is -2.95. The van der Waals surface area contributed by atoms with Gasteiger partial charge in [0.15, 0.2) is 5.76 Å². The van der Waals surface area contributed by atoms with Crippen LogP contribution >= 0.6 is 0 Å². The van der Waals surface area contributed by atoms with Crippen molar-refractivity contribution in [2.45, 2.75) is 19.4 Å². The molecule has 0 aliphatic carbocycles. The van der Waals surface area contributed by atoms with Gasteiger partial charge in [-0.3, -0.25) is 4.79 Å². The van der Waals surface area contributed by atoms with Gasteiger partial charge in [-0.1, -0.05) is 41.6 Å². The van der Waals surface area contributed by atoms with E-state index in [1.807, 2.05) is 17.0 Å². The van der Waals surface area contributed by atoms with E-state index < -0.39 is 0 Å². The third kappa shape index (κ3) is 3.18. The second kappa shape index (κ2) is 6.51. The second-order valence-corrected chi connectivity index (χ2v) is 6.17. The lowest BCUT2D eigenvalue weighted by atomic mass is 9.99. The van der Waals surface area contributed by atoms with Crippen molar-refractivity contribution in [3.05, 3.63) is 77.2 Å². The van der Waals surface area contributed by atoms with Crippen LogP contribution in [0.1, 0.15) is 16.8 Å². The molecule has 0 saturated carbocycles. The van der Waals surface area contributed by atoms with Crippen LogP contribution in [0.5, 0.6) is 0 Å². The number of amides is 1. The molecule has 5 heteroatoms. The van der Waals surface area contributed by atoms with Crippen molar-refractivity contribution in [3.8, 4) is 11.3 Å². The zero-order valence-corrected chi connectivity index (χ0v) is 13.6. The molecule has 1 aromatic heterocycles. The molecular weight excluding hydrogens is 319 g/mol. The van der Waals surface area contributed by atoms with E-state index in [2.05, 4.69) is 17.3 Å².